The van der Waals surface area contributed by atoms with Crippen LogP contribution in [0.15, 0.2) is 30.6 Å². The van der Waals surface area contributed by atoms with Crippen LogP contribution in [0.3, 0.4) is 0 Å². The van der Waals surface area contributed by atoms with Crippen molar-refractivity contribution in [3.63, 3.8) is 0 Å². The SMILES string of the molecule is CNc1cc(NC(C)c2cccnc2)nc(COC)n1. The number of nitrogens with zero attached hydrogens (tertiary/aromatic N) is 3. The van der Waals surface area contributed by atoms with E-state index >= 15 is 0 Å². The molecule has 6 nitrogen and oxygen atoms in total. The van der Waals surface area contributed by atoms with Crippen molar-refractivity contribution in [1.82, 2.24) is 15.0 Å². The van der Waals surface area contributed by atoms with Gasteiger partial charge in [-0.05, 0) is 18.6 Å². The lowest BCUT2D eigenvalue weighted by molar-refractivity contribution is 0.178. The lowest BCUT2D eigenvalue weighted by atomic mass is 10.1. The van der Waals surface area contributed by atoms with Crippen LogP contribution < -0.4 is 10.6 Å². The second-order valence-corrected chi connectivity index (χ2v) is 4.39. The van der Waals surface area contributed by atoms with Gasteiger partial charge in [0.2, 0.25) is 0 Å². The highest BCUT2D eigenvalue weighted by Gasteiger charge is 2.08. The van der Waals surface area contributed by atoms with E-state index < -0.39 is 0 Å². The number of hydrogen-bond acceptors (Lipinski definition) is 6. The molecule has 2 N–H and O–H groups in total. The molecule has 6 heteroatoms. The lowest BCUT2D eigenvalue weighted by Gasteiger charge is -2.15. The van der Waals surface area contributed by atoms with Crippen molar-refractivity contribution in [2.75, 3.05) is 24.8 Å². The van der Waals surface area contributed by atoms with E-state index in [-0.39, 0.29) is 6.04 Å². The third-order valence-electron chi connectivity index (χ3n) is 2.85. The minimum Gasteiger partial charge on any atom is -0.377 e. The fourth-order valence-electron chi connectivity index (χ4n) is 1.83. The molecule has 2 aromatic heterocycles. The molecule has 0 bridgehead atoms. The summed E-state index contributed by atoms with van der Waals surface area (Å²) in [5.41, 5.74) is 1.10. The first-order valence-corrected chi connectivity index (χ1v) is 6.44. The molecule has 0 saturated carbocycles. The molecule has 20 heavy (non-hydrogen) atoms. The predicted molar refractivity (Wildman–Crippen MR) is 78.6 cm³/mol. The molecule has 0 radical (unpaired) electrons. The van der Waals surface area contributed by atoms with Gasteiger partial charge in [-0.25, -0.2) is 9.97 Å². The van der Waals surface area contributed by atoms with Crippen molar-refractivity contribution < 1.29 is 4.74 Å². The molecule has 0 aliphatic carbocycles. The molecule has 0 aliphatic rings. The molecule has 2 aromatic rings. The van der Waals surface area contributed by atoms with Crippen LogP contribution in [0.25, 0.3) is 0 Å². The Bertz CT molecular complexity index is 547. The van der Waals surface area contributed by atoms with Gasteiger partial charge in [0, 0.05) is 32.6 Å². The summed E-state index contributed by atoms with van der Waals surface area (Å²) in [5, 5.41) is 6.37. The van der Waals surface area contributed by atoms with Crippen LogP contribution in [-0.2, 0) is 11.3 Å². The summed E-state index contributed by atoms with van der Waals surface area (Å²) in [5.74, 6) is 2.15. The maximum Gasteiger partial charge on any atom is 0.158 e. The van der Waals surface area contributed by atoms with Gasteiger partial charge in [-0.3, -0.25) is 4.98 Å². The molecule has 2 rings (SSSR count). The van der Waals surface area contributed by atoms with E-state index in [9.17, 15) is 0 Å². The predicted octanol–water partition coefficient (Wildman–Crippen LogP) is 2.23. The fraction of sp³-hybridized carbons (Fsp3) is 0.357. The summed E-state index contributed by atoms with van der Waals surface area (Å²) in [7, 11) is 3.45. The molecular weight excluding hydrogens is 254 g/mol. The van der Waals surface area contributed by atoms with Gasteiger partial charge in [-0.15, -0.1) is 0 Å². The van der Waals surface area contributed by atoms with Gasteiger partial charge in [-0.1, -0.05) is 6.07 Å². The zero-order valence-corrected chi connectivity index (χ0v) is 11.9. The van der Waals surface area contributed by atoms with Gasteiger partial charge in [0.25, 0.3) is 0 Å². The van der Waals surface area contributed by atoms with E-state index in [1.54, 1.807) is 13.3 Å². The first-order chi connectivity index (χ1) is 9.72. The quantitative estimate of drug-likeness (QED) is 0.841. The molecule has 0 saturated heterocycles. The van der Waals surface area contributed by atoms with Crippen molar-refractivity contribution >= 4 is 11.6 Å². The second kappa shape index (κ2) is 6.81. The number of nitrogens with one attached hydrogen (secondary N) is 2. The number of hydrogen-bond donors (Lipinski definition) is 2. The Hall–Kier alpha value is -2.21. The van der Waals surface area contributed by atoms with Crippen molar-refractivity contribution in [1.29, 1.82) is 0 Å². The van der Waals surface area contributed by atoms with Gasteiger partial charge in [0.05, 0.1) is 6.04 Å². The maximum atomic E-state index is 5.08. The Labute approximate surface area is 118 Å². The zero-order valence-electron chi connectivity index (χ0n) is 11.9. The van der Waals surface area contributed by atoms with Crippen molar-refractivity contribution in [2.45, 2.75) is 19.6 Å². The monoisotopic (exact) mass is 273 g/mol. The second-order valence-electron chi connectivity index (χ2n) is 4.39. The normalized spacial score (nSPS) is 11.9. The average Bonchev–Trinajstić information content (AvgIpc) is 2.48. The van der Waals surface area contributed by atoms with E-state index in [0.29, 0.717) is 12.4 Å². The number of aromatic nitrogens is 3. The minimum absolute atomic E-state index is 0.110. The molecule has 2 heterocycles. The molecule has 106 valence electrons. The number of anilines is 2. The number of pyridine rings is 1. The molecule has 0 spiro atoms. The highest BCUT2D eigenvalue weighted by Crippen LogP contribution is 2.19. The third-order valence-corrected chi connectivity index (χ3v) is 2.85. The van der Waals surface area contributed by atoms with Crippen molar-refractivity contribution in [2.24, 2.45) is 0 Å². The summed E-state index contributed by atoms with van der Waals surface area (Å²) in [6.07, 6.45) is 3.60. The number of ether oxygens (including phenoxy) is 1. The molecule has 0 aliphatic heterocycles. The van der Waals surface area contributed by atoms with Crippen LogP contribution in [0.2, 0.25) is 0 Å². The summed E-state index contributed by atoms with van der Waals surface area (Å²) < 4.78 is 5.08. The third kappa shape index (κ3) is 3.64. The standard InChI is InChI=1S/C14H19N5O/c1-10(11-5-4-6-16-8-11)17-13-7-12(15-2)18-14(19-13)9-20-3/h4-8,10H,9H2,1-3H3,(H2,15,17,18,19). The topological polar surface area (TPSA) is 72.0 Å². The van der Waals surface area contributed by atoms with Crippen LogP contribution in [0, 0.1) is 0 Å². The van der Waals surface area contributed by atoms with Gasteiger partial charge in [0.1, 0.15) is 18.2 Å². The zero-order chi connectivity index (χ0) is 14.4. The first-order valence-electron chi connectivity index (χ1n) is 6.44. The Morgan fingerprint density at radius 3 is 2.75 bits per heavy atom. The number of rotatable bonds is 6. The Morgan fingerprint density at radius 1 is 1.30 bits per heavy atom. The smallest absolute Gasteiger partial charge is 0.158 e. The summed E-state index contributed by atoms with van der Waals surface area (Å²) >= 11 is 0. The van der Waals surface area contributed by atoms with Crippen LogP contribution >= 0.6 is 0 Å². The summed E-state index contributed by atoms with van der Waals surface area (Å²) in [6.45, 7) is 2.44. The Balaban J connectivity index is 2.17. The van der Waals surface area contributed by atoms with E-state index in [2.05, 4.69) is 32.5 Å². The van der Waals surface area contributed by atoms with E-state index in [4.69, 9.17) is 4.74 Å². The van der Waals surface area contributed by atoms with Crippen molar-refractivity contribution in [3.8, 4) is 0 Å². The summed E-state index contributed by atoms with van der Waals surface area (Å²) in [4.78, 5) is 12.9. The van der Waals surface area contributed by atoms with Crippen LogP contribution in [0.1, 0.15) is 24.4 Å². The maximum absolute atomic E-state index is 5.08. The van der Waals surface area contributed by atoms with Crippen LogP contribution in [-0.4, -0.2) is 29.1 Å². The summed E-state index contributed by atoms with van der Waals surface area (Å²) in [6, 6.07) is 5.93. The lowest BCUT2D eigenvalue weighted by Crippen LogP contribution is -2.11. The van der Waals surface area contributed by atoms with E-state index in [0.717, 1.165) is 17.2 Å². The molecule has 0 fully saturated rings. The molecular formula is C14H19N5O. The highest BCUT2D eigenvalue weighted by atomic mass is 16.5. The van der Waals surface area contributed by atoms with Gasteiger partial charge < -0.3 is 15.4 Å². The first kappa shape index (κ1) is 14.2. The van der Waals surface area contributed by atoms with E-state index in [1.807, 2.05) is 31.4 Å². The molecule has 0 aromatic carbocycles. The average molecular weight is 273 g/mol. The molecule has 1 atom stereocenters. The Kier molecular flexibility index (Phi) is 4.84. The number of methoxy groups -OCH3 is 1. The van der Waals surface area contributed by atoms with E-state index in [1.165, 1.54) is 0 Å². The highest BCUT2D eigenvalue weighted by molar-refractivity contribution is 5.48. The van der Waals surface area contributed by atoms with Crippen LogP contribution in [0.5, 0.6) is 0 Å². The van der Waals surface area contributed by atoms with Gasteiger partial charge >= 0.3 is 0 Å². The van der Waals surface area contributed by atoms with Gasteiger partial charge in [-0.2, -0.15) is 0 Å². The van der Waals surface area contributed by atoms with Crippen LogP contribution in [0.4, 0.5) is 11.6 Å². The molecule has 0 amide bonds. The fourth-order valence-corrected chi connectivity index (χ4v) is 1.83. The largest absolute Gasteiger partial charge is 0.377 e. The minimum atomic E-state index is 0.110. The van der Waals surface area contributed by atoms with Gasteiger partial charge in [0.15, 0.2) is 5.82 Å². The van der Waals surface area contributed by atoms with Crippen molar-refractivity contribution in [3.05, 3.63) is 42.0 Å². The molecule has 1 unspecified atom stereocenters. The Morgan fingerprint density at radius 2 is 2.10 bits per heavy atom.